The summed E-state index contributed by atoms with van der Waals surface area (Å²) < 4.78 is 23.5. The smallest absolute Gasteiger partial charge is 0.459 e. The monoisotopic (exact) mass is 688 g/mol. The number of unbranched alkanes of at least 4 members (excludes halogenated alkanes) is 1. The number of alkyl carbamates (subject to hydrolysis) is 1. The molecule has 0 saturated carbocycles. The molecule has 0 radical (unpaired) electrons. The van der Waals surface area contributed by atoms with Crippen LogP contribution in [-0.2, 0) is 30.2 Å². The van der Waals surface area contributed by atoms with Crippen LogP contribution < -0.4 is 16.1 Å². The molecule has 1 aliphatic heterocycles. The van der Waals surface area contributed by atoms with E-state index in [1.165, 1.54) is 0 Å². The van der Waals surface area contributed by atoms with Crippen molar-refractivity contribution in [1.82, 2.24) is 10.6 Å². The van der Waals surface area contributed by atoms with Gasteiger partial charge >= 0.3 is 19.2 Å². The van der Waals surface area contributed by atoms with Gasteiger partial charge in [0, 0.05) is 18.0 Å². The minimum absolute atomic E-state index is 0.0892. The molecule has 1 fully saturated rings. The molecule has 9 nitrogen and oxygen atoms in total. The average molecular weight is 689 g/mol. The van der Waals surface area contributed by atoms with E-state index in [-0.39, 0.29) is 25.0 Å². The van der Waals surface area contributed by atoms with Crippen LogP contribution in [0.3, 0.4) is 0 Å². The van der Waals surface area contributed by atoms with Crippen molar-refractivity contribution in [2.75, 3.05) is 13.2 Å². The minimum atomic E-state index is -0.914. The van der Waals surface area contributed by atoms with Crippen LogP contribution in [0, 0.1) is 0 Å². The number of hydrogen-bond acceptors (Lipinski definition) is 7. The molecule has 0 unspecified atom stereocenters. The molecular formula is C41H45BN2O7. The first kappa shape index (κ1) is 35.9. The molecule has 0 spiro atoms. The first-order valence-corrected chi connectivity index (χ1v) is 17.6. The van der Waals surface area contributed by atoms with Gasteiger partial charge < -0.3 is 29.4 Å². The van der Waals surface area contributed by atoms with E-state index in [2.05, 4.69) is 34.9 Å². The quantitative estimate of drug-likeness (QED) is 0.0933. The third-order valence-corrected chi connectivity index (χ3v) is 10.0. The van der Waals surface area contributed by atoms with Crippen LogP contribution in [0.15, 0.2) is 103 Å². The SMILES string of the molecule is CC1(C)OB(c2ccc(C(=O)NCCCC[C@H](NC(=O)OCC3c4ccccc4-c4ccccc43)C(=O)OCc3ccccc3)cc2)OC1(C)C. The molecule has 0 aromatic heterocycles. The number of hydrogen-bond donors (Lipinski definition) is 2. The number of rotatable bonds is 13. The van der Waals surface area contributed by atoms with Gasteiger partial charge in [-0.05, 0) is 92.4 Å². The zero-order valence-electron chi connectivity index (χ0n) is 29.6. The lowest BCUT2D eigenvalue weighted by molar-refractivity contribution is -0.147. The number of amides is 2. The fraction of sp³-hybridized carbons (Fsp3) is 0.341. The molecule has 4 aromatic rings. The molecule has 2 amide bonds. The maximum atomic E-state index is 13.2. The van der Waals surface area contributed by atoms with Gasteiger partial charge in [-0.15, -0.1) is 0 Å². The summed E-state index contributed by atoms with van der Waals surface area (Å²) in [5.74, 6) is -0.848. The van der Waals surface area contributed by atoms with E-state index in [0.717, 1.165) is 33.3 Å². The van der Waals surface area contributed by atoms with Gasteiger partial charge in [-0.2, -0.15) is 0 Å². The Balaban J connectivity index is 1.00. The Labute approximate surface area is 300 Å². The predicted molar refractivity (Wildman–Crippen MR) is 197 cm³/mol. The van der Waals surface area contributed by atoms with E-state index >= 15 is 0 Å². The van der Waals surface area contributed by atoms with Gasteiger partial charge in [0.25, 0.3) is 5.91 Å². The summed E-state index contributed by atoms with van der Waals surface area (Å²) >= 11 is 0. The van der Waals surface area contributed by atoms with Crippen LogP contribution in [0.1, 0.15) is 79.9 Å². The first-order valence-electron chi connectivity index (χ1n) is 17.6. The molecule has 4 aromatic carbocycles. The minimum Gasteiger partial charge on any atom is -0.459 e. The van der Waals surface area contributed by atoms with Gasteiger partial charge in [0.15, 0.2) is 0 Å². The Morgan fingerprint density at radius 1 is 0.745 bits per heavy atom. The lowest BCUT2D eigenvalue weighted by atomic mass is 9.79. The first-order chi connectivity index (χ1) is 24.5. The molecule has 6 rings (SSSR count). The Hall–Kier alpha value is -4.93. The maximum absolute atomic E-state index is 13.2. The fourth-order valence-electron chi connectivity index (χ4n) is 6.41. The average Bonchev–Trinajstić information content (AvgIpc) is 3.57. The summed E-state index contributed by atoms with van der Waals surface area (Å²) in [7, 11) is -0.499. The number of carbonyl (C=O) groups excluding carboxylic acids is 3. The lowest BCUT2D eigenvalue weighted by Crippen LogP contribution is -2.42. The maximum Gasteiger partial charge on any atom is 0.494 e. The molecule has 1 heterocycles. The lowest BCUT2D eigenvalue weighted by Gasteiger charge is -2.32. The zero-order valence-corrected chi connectivity index (χ0v) is 29.6. The standard InChI is InChI=1S/C41H45BN2O7/c1-40(2)41(3,4)51-42(50-40)30-23-21-29(22-24-30)37(45)43-25-13-12-20-36(38(46)48-26-28-14-6-5-7-15-28)44-39(47)49-27-35-33-18-10-8-16-31(33)32-17-9-11-19-34(32)35/h5-11,14-19,21-24,35-36H,12-13,20,25-27H2,1-4H3,(H,43,45)(H,44,47)/t36-/m0/s1. The van der Waals surface area contributed by atoms with E-state index in [4.69, 9.17) is 18.8 Å². The molecular weight excluding hydrogens is 643 g/mol. The van der Waals surface area contributed by atoms with Crippen LogP contribution in [0.4, 0.5) is 4.79 Å². The number of fused-ring (bicyclic) bond motifs is 3. The highest BCUT2D eigenvalue weighted by atomic mass is 16.7. The second kappa shape index (κ2) is 15.5. The summed E-state index contributed by atoms with van der Waals surface area (Å²) in [5.41, 5.74) is 5.80. The Kier molecular flexibility index (Phi) is 10.9. The number of carbonyl (C=O) groups is 3. The van der Waals surface area contributed by atoms with Gasteiger partial charge in [0.1, 0.15) is 19.3 Å². The van der Waals surface area contributed by atoms with Crippen molar-refractivity contribution < 1.29 is 33.2 Å². The molecule has 264 valence electrons. The number of ether oxygens (including phenoxy) is 2. The summed E-state index contributed by atoms with van der Waals surface area (Å²) in [4.78, 5) is 39.2. The normalized spacial score (nSPS) is 16.1. The van der Waals surface area contributed by atoms with Crippen molar-refractivity contribution in [2.24, 2.45) is 0 Å². The summed E-state index contributed by atoms with van der Waals surface area (Å²) in [6.07, 6.45) is 0.773. The number of nitrogens with one attached hydrogen (secondary N) is 2. The Bertz CT molecular complexity index is 1780. The van der Waals surface area contributed by atoms with Crippen LogP contribution >= 0.6 is 0 Å². The van der Waals surface area contributed by atoms with Crippen LogP contribution in [0.25, 0.3) is 11.1 Å². The van der Waals surface area contributed by atoms with Crippen LogP contribution in [0.5, 0.6) is 0 Å². The Morgan fingerprint density at radius 3 is 1.96 bits per heavy atom. The molecule has 10 heteroatoms. The van der Waals surface area contributed by atoms with Gasteiger partial charge in [-0.3, -0.25) is 4.79 Å². The van der Waals surface area contributed by atoms with Crippen molar-refractivity contribution in [1.29, 1.82) is 0 Å². The van der Waals surface area contributed by atoms with Crippen LogP contribution in [-0.4, -0.2) is 55.5 Å². The summed E-state index contributed by atoms with van der Waals surface area (Å²) in [6.45, 7) is 8.63. The van der Waals surface area contributed by atoms with Crippen molar-refractivity contribution >= 4 is 30.6 Å². The topological polar surface area (TPSA) is 112 Å². The largest absolute Gasteiger partial charge is 0.494 e. The fourth-order valence-corrected chi connectivity index (χ4v) is 6.41. The molecule has 0 bridgehead atoms. The van der Waals surface area contributed by atoms with E-state index < -0.39 is 36.4 Å². The Morgan fingerprint density at radius 2 is 1.33 bits per heavy atom. The number of benzene rings is 4. The molecule has 2 aliphatic rings. The van der Waals surface area contributed by atoms with Crippen molar-refractivity contribution in [2.45, 2.75) is 76.7 Å². The van der Waals surface area contributed by atoms with E-state index in [1.807, 2.05) is 94.4 Å². The van der Waals surface area contributed by atoms with E-state index in [9.17, 15) is 14.4 Å². The molecule has 2 N–H and O–H groups in total. The van der Waals surface area contributed by atoms with Crippen molar-refractivity contribution in [3.05, 3.63) is 125 Å². The highest BCUT2D eigenvalue weighted by Gasteiger charge is 2.51. The molecule has 1 atom stereocenters. The highest BCUT2D eigenvalue weighted by Crippen LogP contribution is 2.44. The summed E-state index contributed by atoms with van der Waals surface area (Å²) in [6, 6.07) is 31.9. The van der Waals surface area contributed by atoms with Gasteiger partial charge in [-0.25, -0.2) is 9.59 Å². The zero-order chi connectivity index (χ0) is 36.0. The molecule has 1 aliphatic carbocycles. The van der Waals surface area contributed by atoms with Crippen LogP contribution in [0.2, 0.25) is 0 Å². The summed E-state index contributed by atoms with van der Waals surface area (Å²) in [5, 5.41) is 5.69. The van der Waals surface area contributed by atoms with Gasteiger partial charge in [0.2, 0.25) is 0 Å². The molecule has 1 saturated heterocycles. The number of esters is 1. The highest BCUT2D eigenvalue weighted by molar-refractivity contribution is 6.62. The van der Waals surface area contributed by atoms with Crippen molar-refractivity contribution in [3.63, 3.8) is 0 Å². The van der Waals surface area contributed by atoms with E-state index in [0.29, 0.717) is 31.4 Å². The van der Waals surface area contributed by atoms with E-state index in [1.54, 1.807) is 12.1 Å². The van der Waals surface area contributed by atoms with Gasteiger partial charge in [0.05, 0.1) is 11.2 Å². The third-order valence-electron chi connectivity index (χ3n) is 10.0. The molecule has 51 heavy (non-hydrogen) atoms. The van der Waals surface area contributed by atoms with Gasteiger partial charge in [-0.1, -0.05) is 91.0 Å². The third kappa shape index (κ3) is 8.35. The second-order valence-electron chi connectivity index (χ2n) is 14.1. The predicted octanol–water partition coefficient (Wildman–Crippen LogP) is 6.54. The van der Waals surface area contributed by atoms with Crippen molar-refractivity contribution in [3.8, 4) is 11.1 Å². The second-order valence-corrected chi connectivity index (χ2v) is 14.1.